The molecule has 0 spiro atoms. The Hall–Kier alpha value is -2.21. The van der Waals surface area contributed by atoms with Crippen LogP contribution in [-0.4, -0.2) is 49.4 Å². The second-order valence-electron chi connectivity index (χ2n) is 4.44. The van der Waals surface area contributed by atoms with Gasteiger partial charge in [-0.2, -0.15) is 0 Å². The zero-order valence-corrected chi connectivity index (χ0v) is 12.3. The van der Waals surface area contributed by atoms with Crippen molar-refractivity contribution in [3.05, 3.63) is 35.9 Å². The number of nitrogens with one attached hydrogen (secondary N) is 1. The summed E-state index contributed by atoms with van der Waals surface area (Å²) in [4.78, 5) is 36.5. The molecule has 0 unspecified atom stereocenters. The van der Waals surface area contributed by atoms with Crippen LogP contribution < -0.4 is 5.32 Å². The third-order valence-corrected chi connectivity index (χ3v) is 2.96. The lowest BCUT2D eigenvalue weighted by Gasteiger charge is -2.18. The smallest absolute Gasteiger partial charge is 0.306 e. The van der Waals surface area contributed by atoms with Crippen molar-refractivity contribution in [3.8, 4) is 0 Å². The van der Waals surface area contributed by atoms with Crippen molar-refractivity contribution in [2.45, 2.75) is 13.3 Å². The highest BCUT2D eigenvalue weighted by Crippen LogP contribution is 1.98. The van der Waals surface area contributed by atoms with E-state index in [9.17, 15) is 14.4 Å². The zero-order valence-electron chi connectivity index (χ0n) is 12.3. The third-order valence-electron chi connectivity index (χ3n) is 2.96. The van der Waals surface area contributed by atoms with Crippen molar-refractivity contribution in [2.24, 2.45) is 0 Å². The monoisotopic (exact) mass is 292 g/mol. The lowest BCUT2D eigenvalue weighted by molar-refractivity contribution is -0.141. The maximum atomic E-state index is 11.8. The lowest BCUT2D eigenvalue weighted by atomic mass is 10.2. The number of amides is 2. The second kappa shape index (κ2) is 8.86. The molecule has 6 nitrogen and oxygen atoms in total. The first-order valence-corrected chi connectivity index (χ1v) is 6.75. The van der Waals surface area contributed by atoms with Gasteiger partial charge in [0, 0.05) is 12.1 Å². The molecule has 0 atom stereocenters. The van der Waals surface area contributed by atoms with E-state index in [2.05, 4.69) is 10.1 Å². The fourth-order valence-electron chi connectivity index (χ4n) is 1.73. The van der Waals surface area contributed by atoms with Crippen LogP contribution in [0.15, 0.2) is 30.3 Å². The van der Waals surface area contributed by atoms with E-state index < -0.39 is 11.8 Å². The molecule has 1 aromatic carbocycles. The molecular formula is C15H20N2O4. The summed E-state index contributed by atoms with van der Waals surface area (Å²) in [5.74, 6) is -1.14. The number of methoxy groups -OCH3 is 1. The van der Waals surface area contributed by atoms with Crippen molar-refractivity contribution in [2.75, 3.05) is 26.7 Å². The summed E-state index contributed by atoms with van der Waals surface area (Å²) < 4.78 is 4.55. The Morgan fingerprint density at radius 3 is 2.43 bits per heavy atom. The molecule has 1 rings (SSSR count). The van der Waals surface area contributed by atoms with Crippen LogP contribution in [0.4, 0.5) is 0 Å². The van der Waals surface area contributed by atoms with Gasteiger partial charge in [0.05, 0.1) is 20.1 Å². The molecule has 0 heterocycles. The van der Waals surface area contributed by atoms with Crippen molar-refractivity contribution < 1.29 is 19.1 Å². The van der Waals surface area contributed by atoms with Gasteiger partial charge in [-0.05, 0) is 18.7 Å². The van der Waals surface area contributed by atoms with E-state index >= 15 is 0 Å². The van der Waals surface area contributed by atoms with Crippen LogP contribution in [0.1, 0.15) is 23.7 Å². The molecule has 0 bridgehead atoms. The van der Waals surface area contributed by atoms with Crippen LogP contribution in [0.3, 0.4) is 0 Å². The number of rotatable bonds is 7. The van der Waals surface area contributed by atoms with E-state index in [1.54, 1.807) is 35.2 Å². The molecule has 0 aliphatic heterocycles. The molecule has 0 aliphatic carbocycles. The number of ether oxygens (including phenoxy) is 1. The van der Waals surface area contributed by atoms with Gasteiger partial charge in [0.2, 0.25) is 5.91 Å². The van der Waals surface area contributed by atoms with Crippen molar-refractivity contribution in [1.82, 2.24) is 10.2 Å². The second-order valence-corrected chi connectivity index (χ2v) is 4.44. The highest BCUT2D eigenvalue weighted by atomic mass is 16.5. The minimum Gasteiger partial charge on any atom is -0.469 e. The van der Waals surface area contributed by atoms with Gasteiger partial charge in [-0.15, -0.1) is 0 Å². The Labute approximate surface area is 124 Å². The van der Waals surface area contributed by atoms with E-state index in [1.807, 2.05) is 6.92 Å². The highest BCUT2D eigenvalue weighted by Gasteiger charge is 2.14. The van der Waals surface area contributed by atoms with Crippen LogP contribution in [0.25, 0.3) is 0 Å². The Bertz CT molecular complexity index is 488. The molecule has 0 aliphatic rings. The zero-order chi connectivity index (χ0) is 15.7. The maximum Gasteiger partial charge on any atom is 0.306 e. The minimum atomic E-state index is -0.426. The molecule has 0 fully saturated rings. The topological polar surface area (TPSA) is 75.7 Å². The van der Waals surface area contributed by atoms with Crippen molar-refractivity contribution in [1.29, 1.82) is 0 Å². The van der Waals surface area contributed by atoms with Crippen LogP contribution in [-0.2, 0) is 14.3 Å². The first-order valence-electron chi connectivity index (χ1n) is 6.75. The fraction of sp³-hybridized carbons (Fsp3) is 0.400. The first-order chi connectivity index (χ1) is 10.1. The Balaban J connectivity index is 2.44. The Morgan fingerprint density at radius 1 is 1.19 bits per heavy atom. The van der Waals surface area contributed by atoms with Crippen LogP contribution in [0.2, 0.25) is 0 Å². The van der Waals surface area contributed by atoms with Gasteiger partial charge in [-0.1, -0.05) is 25.1 Å². The predicted octanol–water partition coefficient (Wildman–Crippen LogP) is 0.828. The average Bonchev–Trinajstić information content (AvgIpc) is 2.51. The lowest BCUT2D eigenvalue weighted by Crippen LogP contribution is -2.40. The van der Waals surface area contributed by atoms with Gasteiger partial charge in [0.1, 0.15) is 0 Å². The molecule has 0 aromatic heterocycles. The summed E-state index contributed by atoms with van der Waals surface area (Å²) in [6, 6.07) is 8.53. The summed E-state index contributed by atoms with van der Waals surface area (Å²) >= 11 is 0. The highest BCUT2D eigenvalue weighted by molar-refractivity contribution is 6.05. The van der Waals surface area contributed by atoms with E-state index in [-0.39, 0.29) is 18.9 Å². The number of carbonyl (C=O) groups is 3. The summed E-state index contributed by atoms with van der Waals surface area (Å²) in [5.41, 5.74) is 0.434. The van der Waals surface area contributed by atoms with Crippen LogP contribution >= 0.6 is 0 Å². The molecule has 0 radical (unpaired) electrons. The molecule has 2 amide bonds. The van der Waals surface area contributed by atoms with E-state index in [0.29, 0.717) is 18.7 Å². The van der Waals surface area contributed by atoms with Crippen LogP contribution in [0, 0.1) is 0 Å². The summed E-state index contributed by atoms with van der Waals surface area (Å²) in [6.07, 6.45) is 0.213. The normalized spacial score (nSPS) is 10.2. The van der Waals surface area contributed by atoms with Crippen molar-refractivity contribution >= 4 is 17.8 Å². The summed E-state index contributed by atoms with van der Waals surface area (Å²) in [6.45, 7) is 2.95. The maximum absolute atomic E-state index is 11.8. The quantitative estimate of drug-likeness (QED) is 0.753. The average molecular weight is 292 g/mol. The number of esters is 1. The Kier molecular flexibility index (Phi) is 7.11. The number of nitrogens with zero attached hydrogens (tertiary/aromatic N) is 1. The molecule has 0 saturated heterocycles. The molecule has 0 saturated carbocycles. The molecule has 6 heteroatoms. The van der Waals surface area contributed by atoms with Gasteiger partial charge in [0.25, 0.3) is 5.91 Å². The molecule has 114 valence electrons. The molecule has 21 heavy (non-hydrogen) atoms. The number of hydrogen-bond acceptors (Lipinski definition) is 5. The number of benzene rings is 1. The summed E-state index contributed by atoms with van der Waals surface area (Å²) in [5, 5.41) is 2.33. The van der Waals surface area contributed by atoms with Gasteiger partial charge in [0.15, 0.2) is 0 Å². The Morgan fingerprint density at radius 2 is 1.86 bits per heavy atom. The largest absolute Gasteiger partial charge is 0.469 e. The van der Waals surface area contributed by atoms with E-state index in [4.69, 9.17) is 0 Å². The number of carbonyl (C=O) groups excluding carboxylic acids is 3. The van der Waals surface area contributed by atoms with Crippen LogP contribution in [0.5, 0.6) is 0 Å². The SMILES string of the molecule is CCN(CCC(=O)OC)CC(=O)NC(=O)c1ccccc1. The number of imide groups is 1. The van der Waals surface area contributed by atoms with Gasteiger partial charge in [-0.25, -0.2) is 0 Å². The van der Waals surface area contributed by atoms with Gasteiger partial charge in [-0.3, -0.25) is 24.6 Å². The minimum absolute atomic E-state index is 0.0616. The third kappa shape index (κ3) is 6.18. The first kappa shape index (κ1) is 16.8. The summed E-state index contributed by atoms with van der Waals surface area (Å²) in [7, 11) is 1.32. The van der Waals surface area contributed by atoms with E-state index in [1.165, 1.54) is 7.11 Å². The van der Waals surface area contributed by atoms with E-state index in [0.717, 1.165) is 0 Å². The van der Waals surface area contributed by atoms with Crippen molar-refractivity contribution in [3.63, 3.8) is 0 Å². The molecule has 1 aromatic rings. The number of likely N-dealkylation sites (N-methyl/N-ethyl adjacent to an activating group) is 1. The molecule has 1 N–H and O–H groups in total. The fourth-order valence-corrected chi connectivity index (χ4v) is 1.73. The predicted molar refractivity (Wildman–Crippen MR) is 77.7 cm³/mol. The standard InChI is InChI=1S/C15H20N2O4/c1-3-17(10-9-14(19)21-2)11-13(18)16-15(20)12-7-5-4-6-8-12/h4-8H,3,9-11H2,1-2H3,(H,16,18,20). The van der Waals surface area contributed by atoms with Gasteiger partial charge >= 0.3 is 5.97 Å². The van der Waals surface area contributed by atoms with Gasteiger partial charge < -0.3 is 4.74 Å². The number of hydrogen-bond donors (Lipinski definition) is 1. The molecular weight excluding hydrogens is 272 g/mol.